The topological polar surface area (TPSA) is 116 Å². The van der Waals surface area contributed by atoms with Crippen LogP contribution in [0.2, 0.25) is 0 Å². The number of benzene rings is 1. The van der Waals surface area contributed by atoms with Gasteiger partial charge in [0.1, 0.15) is 4.90 Å². The van der Waals surface area contributed by atoms with E-state index in [4.69, 9.17) is 11.0 Å². The minimum absolute atomic E-state index is 0.00517. The molecule has 19 heavy (non-hydrogen) atoms. The highest BCUT2D eigenvalue weighted by Crippen LogP contribution is 2.19. The molecule has 1 aromatic carbocycles. The molecular weight excluding hydrogens is 266 g/mol. The molecule has 4 N–H and O–H groups in total. The molecular formula is C12H17N3O3S. The Hall–Kier alpha value is -1.62. The molecule has 0 aromatic heterocycles. The predicted molar refractivity (Wildman–Crippen MR) is 71.6 cm³/mol. The molecule has 1 unspecified atom stereocenters. The second kappa shape index (κ2) is 6.02. The average molecular weight is 283 g/mol. The highest BCUT2D eigenvalue weighted by Gasteiger charge is 2.19. The zero-order chi connectivity index (χ0) is 14.6. The van der Waals surface area contributed by atoms with Crippen molar-refractivity contribution in [1.29, 1.82) is 5.26 Å². The maximum absolute atomic E-state index is 12.0. The lowest BCUT2D eigenvalue weighted by Crippen LogP contribution is -2.35. The Morgan fingerprint density at radius 2 is 2.11 bits per heavy atom. The summed E-state index contributed by atoms with van der Waals surface area (Å²) in [5.41, 5.74) is 5.91. The van der Waals surface area contributed by atoms with Gasteiger partial charge in [0, 0.05) is 6.54 Å². The zero-order valence-corrected chi connectivity index (χ0v) is 11.6. The number of anilines is 1. The van der Waals surface area contributed by atoms with Crippen LogP contribution in [-0.2, 0) is 10.0 Å². The highest BCUT2D eigenvalue weighted by atomic mass is 32.2. The van der Waals surface area contributed by atoms with Crippen molar-refractivity contribution in [2.75, 3.05) is 12.3 Å². The van der Waals surface area contributed by atoms with Gasteiger partial charge in [-0.2, -0.15) is 5.26 Å². The van der Waals surface area contributed by atoms with Crippen LogP contribution in [0.1, 0.15) is 19.4 Å². The fraction of sp³-hybridized carbons (Fsp3) is 0.417. The normalized spacial score (nSPS) is 13.2. The number of nitrogens with zero attached hydrogens (tertiary/aromatic N) is 1. The standard InChI is InChI=1S/C12H17N3O3S/c1-8(2)11(16)7-15-19(17,18)12-4-3-9(6-13)5-10(12)14/h3-5,8,11,15-16H,7,14H2,1-2H3. The van der Waals surface area contributed by atoms with Crippen LogP contribution in [0.4, 0.5) is 5.69 Å². The first-order chi connectivity index (χ1) is 8.77. The van der Waals surface area contributed by atoms with Gasteiger partial charge in [0.05, 0.1) is 23.4 Å². The van der Waals surface area contributed by atoms with Crippen molar-refractivity contribution in [2.24, 2.45) is 5.92 Å². The van der Waals surface area contributed by atoms with Gasteiger partial charge < -0.3 is 10.8 Å². The summed E-state index contributed by atoms with van der Waals surface area (Å²) in [6, 6.07) is 5.83. The number of nitrogen functional groups attached to an aromatic ring is 1. The summed E-state index contributed by atoms with van der Waals surface area (Å²) in [7, 11) is -3.79. The lowest BCUT2D eigenvalue weighted by atomic mass is 10.1. The van der Waals surface area contributed by atoms with Gasteiger partial charge in [-0.15, -0.1) is 0 Å². The lowest BCUT2D eigenvalue weighted by molar-refractivity contribution is 0.129. The van der Waals surface area contributed by atoms with Gasteiger partial charge in [-0.1, -0.05) is 13.8 Å². The Labute approximate surface area is 112 Å². The van der Waals surface area contributed by atoms with Gasteiger partial charge in [-0.05, 0) is 24.1 Å². The van der Waals surface area contributed by atoms with E-state index >= 15 is 0 Å². The van der Waals surface area contributed by atoms with Gasteiger partial charge in [0.15, 0.2) is 0 Å². The van der Waals surface area contributed by atoms with Crippen LogP contribution in [0.15, 0.2) is 23.1 Å². The molecule has 0 aliphatic carbocycles. The van der Waals surface area contributed by atoms with Crippen LogP contribution in [0.5, 0.6) is 0 Å². The van der Waals surface area contributed by atoms with Crippen LogP contribution >= 0.6 is 0 Å². The SMILES string of the molecule is CC(C)C(O)CNS(=O)(=O)c1ccc(C#N)cc1N. The summed E-state index contributed by atoms with van der Waals surface area (Å²) in [5.74, 6) is -0.0546. The summed E-state index contributed by atoms with van der Waals surface area (Å²) >= 11 is 0. The molecule has 0 bridgehead atoms. The van der Waals surface area contributed by atoms with Crippen molar-refractivity contribution < 1.29 is 13.5 Å². The summed E-state index contributed by atoms with van der Waals surface area (Å²) in [6.45, 7) is 3.49. The quantitative estimate of drug-likeness (QED) is 0.678. The third-order valence-corrected chi connectivity index (χ3v) is 4.18. The Morgan fingerprint density at radius 3 is 2.58 bits per heavy atom. The Balaban J connectivity index is 2.93. The number of nitrogens with two attached hydrogens (primary N) is 1. The molecule has 6 nitrogen and oxygen atoms in total. The van der Waals surface area contributed by atoms with Crippen molar-refractivity contribution >= 4 is 15.7 Å². The monoisotopic (exact) mass is 283 g/mol. The number of hydrogen-bond acceptors (Lipinski definition) is 5. The maximum Gasteiger partial charge on any atom is 0.242 e. The zero-order valence-electron chi connectivity index (χ0n) is 10.8. The van der Waals surface area contributed by atoms with Crippen LogP contribution in [0.3, 0.4) is 0 Å². The van der Waals surface area contributed by atoms with E-state index in [1.54, 1.807) is 13.8 Å². The van der Waals surface area contributed by atoms with E-state index in [1.165, 1.54) is 18.2 Å². The predicted octanol–water partition coefficient (Wildman–Crippen LogP) is 0.436. The molecule has 0 spiro atoms. The summed E-state index contributed by atoms with van der Waals surface area (Å²) in [6.07, 6.45) is -0.769. The molecule has 0 saturated heterocycles. The first-order valence-electron chi connectivity index (χ1n) is 5.75. The third-order valence-electron chi connectivity index (χ3n) is 2.68. The molecule has 0 saturated carbocycles. The largest absolute Gasteiger partial charge is 0.398 e. The van der Waals surface area contributed by atoms with Crippen LogP contribution < -0.4 is 10.5 Å². The number of aliphatic hydroxyl groups excluding tert-OH is 1. The smallest absolute Gasteiger partial charge is 0.242 e. The van der Waals surface area contributed by atoms with Crippen molar-refractivity contribution in [3.63, 3.8) is 0 Å². The number of nitrogens with one attached hydrogen (secondary N) is 1. The van der Waals surface area contributed by atoms with Crippen LogP contribution in [0.25, 0.3) is 0 Å². The van der Waals surface area contributed by atoms with Crippen molar-refractivity contribution in [3.8, 4) is 6.07 Å². The van der Waals surface area contributed by atoms with Gasteiger partial charge in [-0.3, -0.25) is 0 Å². The molecule has 0 amide bonds. The summed E-state index contributed by atoms with van der Waals surface area (Å²) in [5, 5.41) is 18.3. The van der Waals surface area contributed by atoms with Crippen LogP contribution in [-0.4, -0.2) is 26.2 Å². The molecule has 0 radical (unpaired) electrons. The average Bonchev–Trinajstić information content (AvgIpc) is 2.35. The summed E-state index contributed by atoms with van der Waals surface area (Å²) < 4.78 is 26.3. The van der Waals surface area contributed by atoms with E-state index in [-0.39, 0.29) is 23.0 Å². The Bertz CT molecular complexity index is 591. The molecule has 0 heterocycles. The summed E-state index contributed by atoms with van der Waals surface area (Å²) in [4.78, 5) is -0.0949. The first-order valence-corrected chi connectivity index (χ1v) is 7.23. The molecule has 7 heteroatoms. The number of rotatable bonds is 5. The van der Waals surface area contributed by atoms with Gasteiger partial charge in [-0.25, -0.2) is 13.1 Å². The maximum atomic E-state index is 12.0. The molecule has 0 aliphatic heterocycles. The van der Waals surface area contributed by atoms with Gasteiger partial charge in [0.25, 0.3) is 0 Å². The number of sulfonamides is 1. The van der Waals surface area contributed by atoms with Crippen LogP contribution in [0, 0.1) is 17.2 Å². The van der Waals surface area contributed by atoms with E-state index in [2.05, 4.69) is 4.72 Å². The second-order valence-electron chi connectivity index (χ2n) is 4.53. The fourth-order valence-electron chi connectivity index (χ4n) is 1.37. The van der Waals surface area contributed by atoms with E-state index in [0.717, 1.165) is 0 Å². The minimum atomic E-state index is -3.79. The first kappa shape index (κ1) is 15.4. The molecule has 0 aliphatic rings. The minimum Gasteiger partial charge on any atom is -0.398 e. The van der Waals surface area contributed by atoms with Crippen molar-refractivity contribution in [3.05, 3.63) is 23.8 Å². The molecule has 1 atom stereocenters. The van der Waals surface area contributed by atoms with Crippen molar-refractivity contribution in [2.45, 2.75) is 24.8 Å². The molecule has 104 valence electrons. The number of nitriles is 1. The molecule has 1 aromatic rings. The second-order valence-corrected chi connectivity index (χ2v) is 6.26. The Morgan fingerprint density at radius 1 is 1.47 bits per heavy atom. The fourth-order valence-corrected chi connectivity index (χ4v) is 2.53. The van der Waals surface area contributed by atoms with Gasteiger partial charge >= 0.3 is 0 Å². The molecule has 0 fully saturated rings. The third kappa shape index (κ3) is 3.92. The van der Waals surface area contributed by atoms with E-state index in [9.17, 15) is 13.5 Å². The molecule has 1 rings (SSSR count). The highest BCUT2D eigenvalue weighted by molar-refractivity contribution is 7.89. The Kier molecular flexibility index (Phi) is 4.89. The van der Waals surface area contributed by atoms with E-state index in [0.29, 0.717) is 5.56 Å². The van der Waals surface area contributed by atoms with E-state index in [1.807, 2.05) is 6.07 Å². The number of aliphatic hydroxyl groups is 1. The number of hydrogen-bond donors (Lipinski definition) is 3. The van der Waals surface area contributed by atoms with E-state index < -0.39 is 16.1 Å². The van der Waals surface area contributed by atoms with Gasteiger partial charge in [0.2, 0.25) is 10.0 Å². The van der Waals surface area contributed by atoms with Crippen molar-refractivity contribution in [1.82, 2.24) is 4.72 Å². The lowest BCUT2D eigenvalue weighted by Gasteiger charge is -2.15.